The molecule has 19 heavy (non-hydrogen) atoms. The molecule has 1 saturated carbocycles. The van der Waals surface area contributed by atoms with Gasteiger partial charge in [0.25, 0.3) is 0 Å². The summed E-state index contributed by atoms with van der Waals surface area (Å²) in [6.07, 6.45) is 3.60. The maximum atomic E-state index is 12.2. The molecule has 102 valence electrons. The van der Waals surface area contributed by atoms with Crippen LogP contribution < -0.4 is 10.5 Å². The minimum Gasteiger partial charge on any atom is -0.497 e. The third-order valence-corrected chi connectivity index (χ3v) is 4.08. The highest BCUT2D eigenvalue weighted by molar-refractivity contribution is 5.78. The summed E-state index contributed by atoms with van der Waals surface area (Å²) in [7, 11) is 1.65. The van der Waals surface area contributed by atoms with Crippen molar-refractivity contribution in [3.8, 4) is 5.75 Å². The lowest BCUT2D eigenvalue weighted by Crippen LogP contribution is -2.49. The smallest absolute Gasteiger partial charge is 0.223 e. The van der Waals surface area contributed by atoms with Crippen molar-refractivity contribution < 1.29 is 9.53 Å². The van der Waals surface area contributed by atoms with Gasteiger partial charge in [-0.2, -0.15) is 0 Å². The monoisotopic (exact) mass is 260 g/mol. The van der Waals surface area contributed by atoms with Gasteiger partial charge in [0, 0.05) is 18.5 Å². The van der Waals surface area contributed by atoms with E-state index < -0.39 is 0 Å². The van der Waals surface area contributed by atoms with Gasteiger partial charge >= 0.3 is 0 Å². The minimum absolute atomic E-state index is 0.0275. The van der Waals surface area contributed by atoms with Crippen LogP contribution in [0.2, 0.25) is 0 Å². The van der Waals surface area contributed by atoms with Gasteiger partial charge in [-0.3, -0.25) is 4.79 Å². The van der Waals surface area contributed by atoms with Gasteiger partial charge in [-0.05, 0) is 37.0 Å². The molecule has 4 heteroatoms. The Morgan fingerprint density at radius 3 is 2.47 bits per heavy atom. The fraction of sp³-hybridized carbons (Fsp3) is 0.533. The Morgan fingerprint density at radius 2 is 1.89 bits per heavy atom. The summed E-state index contributed by atoms with van der Waals surface area (Å²) < 4.78 is 5.18. The van der Waals surface area contributed by atoms with E-state index in [9.17, 15) is 4.79 Å². The molecule has 3 rings (SSSR count). The van der Waals surface area contributed by atoms with Crippen LogP contribution >= 0.6 is 0 Å². The first kappa shape index (κ1) is 12.5. The number of methoxy groups -OCH3 is 1. The zero-order valence-corrected chi connectivity index (χ0v) is 11.2. The van der Waals surface area contributed by atoms with E-state index in [1.54, 1.807) is 7.11 Å². The third kappa shape index (κ3) is 2.32. The summed E-state index contributed by atoms with van der Waals surface area (Å²) in [5.74, 6) is 1.09. The van der Waals surface area contributed by atoms with Gasteiger partial charge in [0.2, 0.25) is 5.91 Å². The van der Waals surface area contributed by atoms with Gasteiger partial charge in [0.15, 0.2) is 0 Å². The molecule has 0 bridgehead atoms. The molecule has 2 unspecified atom stereocenters. The number of hydrogen-bond acceptors (Lipinski definition) is 3. The van der Waals surface area contributed by atoms with Crippen LogP contribution in [0.25, 0.3) is 0 Å². The molecule has 2 aliphatic rings. The molecule has 1 saturated heterocycles. The molecule has 0 spiro atoms. The summed E-state index contributed by atoms with van der Waals surface area (Å²) in [6.45, 7) is 0. The van der Waals surface area contributed by atoms with Crippen molar-refractivity contribution in [2.24, 2.45) is 5.73 Å². The van der Waals surface area contributed by atoms with E-state index in [0.29, 0.717) is 12.5 Å². The first-order valence-corrected chi connectivity index (χ1v) is 6.91. The lowest BCUT2D eigenvalue weighted by Gasteiger charge is -2.40. The van der Waals surface area contributed by atoms with Gasteiger partial charge in [0.05, 0.1) is 13.2 Å². The summed E-state index contributed by atoms with van der Waals surface area (Å²) in [6, 6.07) is 8.39. The second-order valence-electron chi connectivity index (χ2n) is 5.45. The lowest BCUT2D eigenvalue weighted by molar-refractivity contribution is -0.138. The van der Waals surface area contributed by atoms with Crippen LogP contribution in [0.3, 0.4) is 0 Å². The van der Waals surface area contributed by atoms with Crippen LogP contribution in [0.15, 0.2) is 24.3 Å². The molecule has 2 atom stereocenters. The number of hydrogen-bond donors (Lipinski definition) is 1. The molecule has 1 aromatic carbocycles. The summed E-state index contributed by atoms with van der Waals surface area (Å²) in [5.41, 5.74) is 7.39. The predicted octanol–water partition coefficient (Wildman–Crippen LogP) is 1.85. The van der Waals surface area contributed by atoms with E-state index in [2.05, 4.69) is 0 Å². The van der Waals surface area contributed by atoms with Crippen LogP contribution in [-0.4, -0.2) is 30.0 Å². The Morgan fingerprint density at radius 1 is 1.21 bits per heavy atom. The predicted molar refractivity (Wildman–Crippen MR) is 72.8 cm³/mol. The fourth-order valence-electron chi connectivity index (χ4n) is 2.93. The molecule has 2 N–H and O–H groups in total. The highest BCUT2D eigenvalue weighted by atomic mass is 16.5. The summed E-state index contributed by atoms with van der Waals surface area (Å²) in [4.78, 5) is 14.2. The number of amides is 1. The Bertz CT molecular complexity index is 468. The highest BCUT2D eigenvalue weighted by Crippen LogP contribution is 2.40. The van der Waals surface area contributed by atoms with Crippen molar-refractivity contribution in [3.63, 3.8) is 0 Å². The number of nitrogens with two attached hydrogens (primary N) is 1. The topological polar surface area (TPSA) is 55.6 Å². The largest absolute Gasteiger partial charge is 0.497 e. The SMILES string of the molecule is COc1ccc(C2C(N)CCC(=O)N2C2CC2)cc1. The molecular weight excluding hydrogens is 240 g/mol. The molecule has 2 fully saturated rings. The van der Waals surface area contributed by atoms with Crippen LogP contribution in [0.4, 0.5) is 0 Å². The van der Waals surface area contributed by atoms with E-state index in [1.165, 1.54) is 0 Å². The van der Waals surface area contributed by atoms with Crippen molar-refractivity contribution in [3.05, 3.63) is 29.8 Å². The van der Waals surface area contributed by atoms with Crippen molar-refractivity contribution in [2.45, 2.75) is 43.8 Å². The number of rotatable bonds is 3. The van der Waals surface area contributed by atoms with E-state index in [0.717, 1.165) is 30.6 Å². The normalized spacial score (nSPS) is 27.5. The average molecular weight is 260 g/mol. The fourth-order valence-corrected chi connectivity index (χ4v) is 2.93. The number of nitrogens with zero attached hydrogens (tertiary/aromatic N) is 1. The number of ether oxygens (including phenoxy) is 1. The summed E-state index contributed by atoms with van der Waals surface area (Å²) >= 11 is 0. The number of likely N-dealkylation sites (tertiary alicyclic amines) is 1. The third-order valence-electron chi connectivity index (χ3n) is 4.08. The minimum atomic E-state index is 0.0275. The molecule has 1 aliphatic heterocycles. The lowest BCUT2D eigenvalue weighted by atomic mass is 9.90. The van der Waals surface area contributed by atoms with E-state index in [-0.39, 0.29) is 18.0 Å². The van der Waals surface area contributed by atoms with Crippen molar-refractivity contribution in [2.75, 3.05) is 7.11 Å². The van der Waals surface area contributed by atoms with E-state index in [4.69, 9.17) is 10.5 Å². The van der Waals surface area contributed by atoms with Crippen molar-refractivity contribution >= 4 is 5.91 Å². The molecule has 0 radical (unpaired) electrons. The standard InChI is InChI=1S/C15H20N2O2/c1-19-12-6-2-10(3-7-12)15-13(16)8-9-14(18)17(15)11-4-5-11/h2-3,6-7,11,13,15H,4-5,8-9,16H2,1H3. The number of carbonyl (C=O) groups is 1. The van der Waals surface area contributed by atoms with Gasteiger partial charge in [-0.15, -0.1) is 0 Å². The van der Waals surface area contributed by atoms with Gasteiger partial charge < -0.3 is 15.4 Å². The van der Waals surface area contributed by atoms with Crippen molar-refractivity contribution in [1.82, 2.24) is 4.90 Å². The van der Waals surface area contributed by atoms with Crippen molar-refractivity contribution in [1.29, 1.82) is 0 Å². The van der Waals surface area contributed by atoms with E-state index >= 15 is 0 Å². The molecular formula is C15H20N2O2. The zero-order valence-electron chi connectivity index (χ0n) is 11.2. The van der Waals surface area contributed by atoms with Crippen LogP contribution in [0.1, 0.15) is 37.3 Å². The quantitative estimate of drug-likeness (QED) is 0.902. The van der Waals surface area contributed by atoms with Crippen LogP contribution in [0.5, 0.6) is 5.75 Å². The maximum absolute atomic E-state index is 12.2. The summed E-state index contributed by atoms with van der Waals surface area (Å²) in [5, 5.41) is 0. The Balaban J connectivity index is 1.90. The molecule has 1 amide bonds. The molecule has 1 aliphatic carbocycles. The van der Waals surface area contributed by atoms with Gasteiger partial charge in [-0.1, -0.05) is 12.1 Å². The molecule has 1 aromatic rings. The second kappa shape index (κ2) is 4.85. The average Bonchev–Trinajstić information content (AvgIpc) is 3.25. The maximum Gasteiger partial charge on any atom is 0.223 e. The Hall–Kier alpha value is -1.55. The first-order chi connectivity index (χ1) is 9.20. The number of piperidine rings is 1. The highest BCUT2D eigenvalue weighted by Gasteiger charge is 2.42. The van der Waals surface area contributed by atoms with Crippen LogP contribution in [0, 0.1) is 0 Å². The van der Waals surface area contributed by atoms with Crippen LogP contribution in [-0.2, 0) is 4.79 Å². The molecule has 0 aromatic heterocycles. The number of carbonyl (C=O) groups excluding carboxylic acids is 1. The Kier molecular flexibility index (Phi) is 3.19. The van der Waals surface area contributed by atoms with Gasteiger partial charge in [-0.25, -0.2) is 0 Å². The number of benzene rings is 1. The molecule has 1 heterocycles. The zero-order chi connectivity index (χ0) is 13.4. The second-order valence-corrected chi connectivity index (χ2v) is 5.45. The van der Waals surface area contributed by atoms with Gasteiger partial charge in [0.1, 0.15) is 5.75 Å². The van der Waals surface area contributed by atoms with E-state index in [1.807, 2.05) is 29.2 Å². The Labute approximate surface area is 113 Å². The first-order valence-electron chi connectivity index (χ1n) is 6.91. The molecule has 4 nitrogen and oxygen atoms in total.